The molecule has 120 valence electrons. The Balaban J connectivity index is 2.68. The summed E-state index contributed by atoms with van der Waals surface area (Å²) in [5.41, 5.74) is 1.22. The summed E-state index contributed by atoms with van der Waals surface area (Å²) in [5, 5.41) is 3.62. The minimum absolute atomic E-state index is 0.151. The molecule has 0 saturated carbocycles. The molecule has 3 heteroatoms. The highest BCUT2D eigenvalue weighted by Crippen LogP contribution is 2.29. The molecule has 0 aliphatic carbocycles. The second-order valence-electron chi connectivity index (χ2n) is 5.90. The lowest BCUT2D eigenvalue weighted by atomic mass is 9.95. The molecule has 0 saturated heterocycles. The number of hydrogen-bond acceptors (Lipinski definition) is 3. The van der Waals surface area contributed by atoms with Crippen molar-refractivity contribution in [2.75, 3.05) is 7.11 Å². The van der Waals surface area contributed by atoms with Crippen LogP contribution in [0.5, 0.6) is 11.5 Å². The molecule has 21 heavy (non-hydrogen) atoms. The highest BCUT2D eigenvalue weighted by Gasteiger charge is 2.13. The number of benzene rings is 1. The molecule has 0 aliphatic rings. The first-order valence-corrected chi connectivity index (χ1v) is 8.08. The molecule has 1 atom stereocenters. The van der Waals surface area contributed by atoms with Crippen molar-refractivity contribution in [3.8, 4) is 11.5 Å². The molecular formula is C18H31NO2. The molecule has 0 bridgehead atoms. The number of methoxy groups -OCH3 is 1. The van der Waals surface area contributed by atoms with Crippen molar-refractivity contribution in [1.82, 2.24) is 5.32 Å². The van der Waals surface area contributed by atoms with Crippen molar-refractivity contribution in [2.24, 2.45) is 5.92 Å². The van der Waals surface area contributed by atoms with Crippen molar-refractivity contribution in [2.45, 2.75) is 66.2 Å². The molecule has 1 unspecified atom stereocenters. The summed E-state index contributed by atoms with van der Waals surface area (Å²) in [5.74, 6) is 2.35. The smallest absolute Gasteiger partial charge is 0.161 e. The Hall–Kier alpha value is -1.22. The Labute approximate surface area is 130 Å². The van der Waals surface area contributed by atoms with Crippen molar-refractivity contribution >= 4 is 0 Å². The Bertz CT molecular complexity index is 414. The van der Waals surface area contributed by atoms with Crippen LogP contribution in [0.2, 0.25) is 0 Å². The van der Waals surface area contributed by atoms with Gasteiger partial charge in [-0.3, -0.25) is 0 Å². The predicted octanol–water partition coefficient (Wildman–Crippen LogP) is 4.40. The molecule has 1 aromatic carbocycles. The van der Waals surface area contributed by atoms with Gasteiger partial charge >= 0.3 is 0 Å². The number of hydrogen-bond donors (Lipinski definition) is 1. The van der Waals surface area contributed by atoms with Gasteiger partial charge in [0, 0.05) is 12.6 Å². The van der Waals surface area contributed by atoms with E-state index < -0.39 is 0 Å². The largest absolute Gasteiger partial charge is 0.493 e. The molecule has 0 fully saturated rings. The van der Waals surface area contributed by atoms with E-state index in [-0.39, 0.29) is 6.10 Å². The van der Waals surface area contributed by atoms with Crippen LogP contribution in [0, 0.1) is 5.92 Å². The minimum atomic E-state index is 0.151. The van der Waals surface area contributed by atoms with E-state index in [1.807, 2.05) is 19.9 Å². The van der Waals surface area contributed by atoms with Gasteiger partial charge in [-0.25, -0.2) is 0 Å². The van der Waals surface area contributed by atoms with E-state index in [1.165, 1.54) is 18.4 Å². The van der Waals surface area contributed by atoms with Crippen molar-refractivity contribution in [1.29, 1.82) is 0 Å². The van der Waals surface area contributed by atoms with Crippen LogP contribution < -0.4 is 14.8 Å². The summed E-state index contributed by atoms with van der Waals surface area (Å²) in [6.07, 6.45) is 2.59. The predicted molar refractivity (Wildman–Crippen MR) is 89.1 cm³/mol. The van der Waals surface area contributed by atoms with Gasteiger partial charge in [-0.05, 0) is 44.4 Å². The van der Waals surface area contributed by atoms with Gasteiger partial charge < -0.3 is 14.8 Å². The Kier molecular flexibility index (Phi) is 7.58. The molecule has 0 aliphatic heterocycles. The molecule has 1 aromatic rings. The maximum Gasteiger partial charge on any atom is 0.161 e. The van der Waals surface area contributed by atoms with E-state index in [1.54, 1.807) is 7.11 Å². The van der Waals surface area contributed by atoms with Gasteiger partial charge in [0.05, 0.1) is 13.2 Å². The van der Waals surface area contributed by atoms with Crippen LogP contribution in [-0.2, 0) is 6.54 Å². The molecule has 0 radical (unpaired) electrons. The topological polar surface area (TPSA) is 30.5 Å². The lowest BCUT2D eigenvalue weighted by Gasteiger charge is -2.23. The van der Waals surface area contributed by atoms with Gasteiger partial charge in [0.15, 0.2) is 11.5 Å². The molecule has 0 aromatic heterocycles. The number of rotatable bonds is 9. The maximum atomic E-state index is 5.74. The lowest BCUT2D eigenvalue weighted by molar-refractivity contribution is 0.230. The van der Waals surface area contributed by atoms with Crippen LogP contribution in [0.4, 0.5) is 0 Å². The number of nitrogens with one attached hydrogen (secondary N) is 1. The number of ether oxygens (including phenoxy) is 2. The van der Waals surface area contributed by atoms with Crippen molar-refractivity contribution in [3.05, 3.63) is 23.8 Å². The summed E-state index contributed by atoms with van der Waals surface area (Å²) < 4.78 is 11.2. The average Bonchev–Trinajstić information content (AvgIpc) is 2.46. The van der Waals surface area contributed by atoms with Crippen LogP contribution in [0.3, 0.4) is 0 Å². The van der Waals surface area contributed by atoms with Gasteiger partial charge in [0.25, 0.3) is 0 Å². The van der Waals surface area contributed by atoms with E-state index in [0.717, 1.165) is 24.0 Å². The standard InChI is InChI=1S/C18H31NO2/c1-7-16(8-2)14(5)19-12-15-9-10-17(21-13(3)4)18(11-15)20-6/h9-11,13-14,16,19H,7-8,12H2,1-6H3. The van der Waals surface area contributed by atoms with Crippen LogP contribution in [0.1, 0.15) is 53.0 Å². The third kappa shape index (κ3) is 5.58. The Morgan fingerprint density at radius 1 is 1.05 bits per heavy atom. The summed E-state index contributed by atoms with van der Waals surface area (Å²) >= 11 is 0. The first-order chi connectivity index (χ1) is 10.0. The SMILES string of the molecule is CCC(CC)C(C)NCc1ccc(OC(C)C)c(OC)c1. The maximum absolute atomic E-state index is 5.74. The first-order valence-electron chi connectivity index (χ1n) is 8.08. The second kappa shape index (κ2) is 8.93. The zero-order valence-electron chi connectivity index (χ0n) is 14.4. The summed E-state index contributed by atoms with van der Waals surface area (Å²) in [6, 6.07) is 6.69. The first kappa shape index (κ1) is 17.8. The summed E-state index contributed by atoms with van der Waals surface area (Å²) in [7, 11) is 1.69. The van der Waals surface area contributed by atoms with E-state index >= 15 is 0 Å². The highest BCUT2D eigenvalue weighted by atomic mass is 16.5. The quantitative estimate of drug-likeness (QED) is 0.732. The van der Waals surface area contributed by atoms with Crippen LogP contribution in [0.15, 0.2) is 18.2 Å². The Morgan fingerprint density at radius 2 is 1.71 bits per heavy atom. The van der Waals surface area contributed by atoms with Gasteiger partial charge in [0.2, 0.25) is 0 Å². The highest BCUT2D eigenvalue weighted by molar-refractivity contribution is 5.43. The molecule has 1 N–H and O–H groups in total. The fourth-order valence-corrected chi connectivity index (χ4v) is 2.61. The zero-order valence-corrected chi connectivity index (χ0v) is 14.4. The zero-order chi connectivity index (χ0) is 15.8. The van der Waals surface area contributed by atoms with Crippen LogP contribution in [0.25, 0.3) is 0 Å². The molecule has 0 heterocycles. The molecule has 3 nitrogen and oxygen atoms in total. The van der Waals surface area contributed by atoms with E-state index in [4.69, 9.17) is 9.47 Å². The van der Waals surface area contributed by atoms with Gasteiger partial charge in [-0.15, -0.1) is 0 Å². The average molecular weight is 293 g/mol. The monoisotopic (exact) mass is 293 g/mol. The van der Waals surface area contributed by atoms with E-state index in [2.05, 4.69) is 38.2 Å². The second-order valence-corrected chi connectivity index (χ2v) is 5.90. The van der Waals surface area contributed by atoms with Gasteiger partial charge in [-0.1, -0.05) is 32.8 Å². The summed E-state index contributed by atoms with van der Waals surface area (Å²) in [4.78, 5) is 0. The molecule has 0 spiro atoms. The minimum Gasteiger partial charge on any atom is -0.493 e. The lowest BCUT2D eigenvalue weighted by Crippen LogP contribution is -2.32. The van der Waals surface area contributed by atoms with E-state index in [0.29, 0.717) is 6.04 Å². The fourth-order valence-electron chi connectivity index (χ4n) is 2.61. The van der Waals surface area contributed by atoms with Crippen molar-refractivity contribution < 1.29 is 9.47 Å². The van der Waals surface area contributed by atoms with Gasteiger partial charge in [-0.2, -0.15) is 0 Å². The van der Waals surface area contributed by atoms with Crippen molar-refractivity contribution in [3.63, 3.8) is 0 Å². The normalized spacial score (nSPS) is 12.8. The third-order valence-electron chi connectivity index (χ3n) is 3.97. The van der Waals surface area contributed by atoms with Crippen LogP contribution in [-0.4, -0.2) is 19.3 Å². The van der Waals surface area contributed by atoms with E-state index in [9.17, 15) is 0 Å². The van der Waals surface area contributed by atoms with Crippen LogP contribution >= 0.6 is 0 Å². The van der Waals surface area contributed by atoms with Gasteiger partial charge in [0.1, 0.15) is 0 Å². The third-order valence-corrected chi connectivity index (χ3v) is 3.97. The Morgan fingerprint density at radius 3 is 2.24 bits per heavy atom. The molecule has 0 amide bonds. The fraction of sp³-hybridized carbons (Fsp3) is 0.667. The summed E-state index contributed by atoms with van der Waals surface area (Å²) in [6.45, 7) is 11.7. The molecular weight excluding hydrogens is 262 g/mol. The molecule has 1 rings (SSSR count).